The molecule has 42 heavy (non-hydrogen) atoms. The summed E-state index contributed by atoms with van der Waals surface area (Å²) in [5, 5.41) is 4.99. The Bertz CT molecular complexity index is 1680. The minimum Gasteiger partial charge on any atom is -0.497 e. The number of carbonyl (C=O) groups excluding carboxylic acids is 1. The van der Waals surface area contributed by atoms with E-state index in [1.807, 2.05) is 47.4 Å². The third-order valence-electron chi connectivity index (χ3n) is 7.77. The smallest absolute Gasteiger partial charge is 0.275 e. The van der Waals surface area contributed by atoms with Gasteiger partial charge in [0.1, 0.15) is 29.6 Å². The van der Waals surface area contributed by atoms with Crippen molar-refractivity contribution in [3.05, 3.63) is 66.0 Å². The van der Waals surface area contributed by atoms with Crippen LogP contribution in [0.3, 0.4) is 0 Å². The van der Waals surface area contributed by atoms with E-state index in [4.69, 9.17) is 24.0 Å². The van der Waals surface area contributed by atoms with Crippen LogP contribution in [0, 0.1) is 0 Å². The lowest BCUT2D eigenvalue weighted by Gasteiger charge is -2.43. The van der Waals surface area contributed by atoms with E-state index in [0.29, 0.717) is 40.9 Å². The van der Waals surface area contributed by atoms with Crippen LogP contribution in [0.4, 0.5) is 0 Å². The van der Waals surface area contributed by atoms with Crippen LogP contribution in [0.25, 0.3) is 28.2 Å². The molecule has 2 aliphatic rings. The molecule has 1 unspecified atom stereocenters. The largest absolute Gasteiger partial charge is 0.497 e. The van der Waals surface area contributed by atoms with E-state index >= 15 is 0 Å². The minimum atomic E-state index is -0.344. The summed E-state index contributed by atoms with van der Waals surface area (Å²) >= 11 is 0. The van der Waals surface area contributed by atoms with Gasteiger partial charge in [0.15, 0.2) is 5.69 Å². The zero-order valence-electron chi connectivity index (χ0n) is 24.5. The molecule has 2 aliphatic heterocycles. The van der Waals surface area contributed by atoms with Gasteiger partial charge in [-0.05, 0) is 32.0 Å². The Hall–Kier alpha value is -4.31. The molecular weight excluding hydrogens is 552 g/mol. The summed E-state index contributed by atoms with van der Waals surface area (Å²) in [5.41, 5.74) is 4.55. The SMILES string of the molecule is C=S1CCN(C(=O)c2nn(-c3cc(OC)cc(OC)c3)c3c2COc2cc(OC)c(-c4ccccn4)cc2-3)C(C)(C)C1. The second kappa shape index (κ2) is 10.8. The molecule has 0 saturated carbocycles. The maximum absolute atomic E-state index is 14.3. The highest BCUT2D eigenvalue weighted by Crippen LogP contribution is 2.46. The molecule has 6 rings (SSSR count). The van der Waals surface area contributed by atoms with E-state index in [1.54, 1.807) is 38.3 Å². The van der Waals surface area contributed by atoms with E-state index in [9.17, 15) is 4.79 Å². The van der Waals surface area contributed by atoms with Crippen LogP contribution in [0.2, 0.25) is 0 Å². The molecule has 1 amide bonds. The van der Waals surface area contributed by atoms with Crippen molar-refractivity contribution in [2.24, 2.45) is 0 Å². The van der Waals surface area contributed by atoms with Crippen molar-refractivity contribution >= 4 is 22.3 Å². The number of fused-ring (bicyclic) bond motifs is 3. The first-order valence-electron chi connectivity index (χ1n) is 13.6. The molecule has 4 heterocycles. The number of benzene rings is 2. The minimum absolute atomic E-state index is 0.0190. The highest BCUT2D eigenvalue weighted by molar-refractivity contribution is 8.14. The molecule has 1 atom stereocenters. The van der Waals surface area contributed by atoms with Crippen LogP contribution in [-0.2, 0) is 6.61 Å². The maximum Gasteiger partial charge on any atom is 0.275 e. The third-order valence-corrected chi connectivity index (χ3v) is 9.65. The van der Waals surface area contributed by atoms with Crippen molar-refractivity contribution in [3.8, 4) is 51.2 Å². The highest BCUT2D eigenvalue weighted by Gasteiger charge is 2.39. The second-order valence-electron chi connectivity index (χ2n) is 10.9. The number of aromatic nitrogens is 3. The number of nitrogens with zero attached hydrogens (tertiary/aromatic N) is 4. The van der Waals surface area contributed by atoms with Gasteiger partial charge in [-0.1, -0.05) is 11.9 Å². The Kier molecular flexibility index (Phi) is 7.18. The quantitative estimate of drug-likeness (QED) is 0.278. The standard InChI is InChI=1S/C32H34N4O5S/c1-32(2)19-42(6)12-11-35(32)31(37)29-25-18-41-28-17-27(40-5)23(26-9-7-8-10-33-26)16-24(28)30(25)36(34-29)20-13-21(38-3)15-22(14-20)39-4/h7-10,13-17H,6,11-12,18-19H2,1-5H3. The van der Waals surface area contributed by atoms with E-state index in [0.717, 1.165) is 39.6 Å². The highest BCUT2D eigenvalue weighted by atomic mass is 32.2. The topological polar surface area (TPSA) is 87.9 Å². The predicted molar refractivity (Wildman–Crippen MR) is 166 cm³/mol. The molecule has 0 radical (unpaired) electrons. The van der Waals surface area contributed by atoms with Gasteiger partial charge in [-0.25, -0.2) is 4.68 Å². The van der Waals surface area contributed by atoms with E-state index in [2.05, 4.69) is 24.7 Å². The van der Waals surface area contributed by atoms with Gasteiger partial charge in [-0.2, -0.15) is 15.6 Å². The summed E-state index contributed by atoms with van der Waals surface area (Å²) in [7, 11) is 4.86. The third kappa shape index (κ3) is 4.79. The van der Waals surface area contributed by atoms with E-state index in [1.165, 1.54) is 0 Å². The van der Waals surface area contributed by atoms with Crippen molar-refractivity contribution in [2.75, 3.05) is 39.4 Å². The van der Waals surface area contributed by atoms with Crippen LogP contribution in [0.5, 0.6) is 23.0 Å². The lowest BCUT2D eigenvalue weighted by atomic mass is 9.97. The van der Waals surface area contributed by atoms with Crippen LogP contribution < -0.4 is 18.9 Å². The Morgan fingerprint density at radius 1 is 1.02 bits per heavy atom. The molecule has 9 nitrogen and oxygen atoms in total. The zero-order chi connectivity index (χ0) is 29.6. The molecule has 0 aliphatic carbocycles. The number of pyridine rings is 1. The van der Waals surface area contributed by atoms with Gasteiger partial charge >= 0.3 is 0 Å². The van der Waals surface area contributed by atoms with Crippen molar-refractivity contribution in [3.63, 3.8) is 0 Å². The van der Waals surface area contributed by atoms with Gasteiger partial charge in [0.25, 0.3) is 5.91 Å². The summed E-state index contributed by atoms with van der Waals surface area (Å²) in [6.07, 6.45) is 1.75. The lowest BCUT2D eigenvalue weighted by Crippen LogP contribution is -2.54. The molecule has 1 saturated heterocycles. The Labute approximate surface area is 247 Å². The van der Waals surface area contributed by atoms with Crippen molar-refractivity contribution in [1.29, 1.82) is 0 Å². The molecule has 0 spiro atoms. The van der Waals surface area contributed by atoms with Gasteiger partial charge in [0.05, 0.1) is 38.4 Å². The van der Waals surface area contributed by atoms with Crippen molar-refractivity contribution < 1.29 is 23.7 Å². The average Bonchev–Trinajstić information content (AvgIpc) is 3.40. The maximum atomic E-state index is 14.3. The van der Waals surface area contributed by atoms with E-state index in [-0.39, 0.29) is 28.5 Å². The Morgan fingerprint density at radius 3 is 2.43 bits per heavy atom. The molecular formula is C32H34N4O5S. The zero-order valence-corrected chi connectivity index (χ0v) is 25.3. The fourth-order valence-corrected chi connectivity index (χ4v) is 7.46. The number of amides is 1. The number of carbonyl (C=O) groups is 1. The summed E-state index contributed by atoms with van der Waals surface area (Å²) < 4.78 is 25.0. The van der Waals surface area contributed by atoms with E-state index < -0.39 is 0 Å². The first-order chi connectivity index (χ1) is 20.2. The number of methoxy groups -OCH3 is 3. The van der Waals surface area contributed by atoms with Crippen molar-refractivity contribution in [2.45, 2.75) is 26.0 Å². The molecule has 4 aromatic rings. The number of hydrogen-bond donors (Lipinski definition) is 0. The van der Waals surface area contributed by atoms with Crippen LogP contribution in [-0.4, -0.2) is 76.4 Å². The molecule has 218 valence electrons. The van der Waals surface area contributed by atoms with Crippen molar-refractivity contribution in [1.82, 2.24) is 19.7 Å². The summed E-state index contributed by atoms with van der Waals surface area (Å²) in [6, 6.07) is 15.2. The van der Waals surface area contributed by atoms with Crippen LogP contribution >= 0.6 is 10.5 Å². The number of rotatable bonds is 6. The Balaban J connectivity index is 1.59. The molecule has 10 heteroatoms. The van der Waals surface area contributed by atoms with Gasteiger partial charge in [0.2, 0.25) is 0 Å². The monoisotopic (exact) mass is 586 g/mol. The molecule has 2 aromatic carbocycles. The lowest BCUT2D eigenvalue weighted by molar-refractivity contribution is 0.0588. The molecule has 0 bridgehead atoms. The van der Waals surface area contributed by atoms with Gasteiger partial charge in [0, 0.05) is 70.7 Å². The number of ether oxygens (including phenoxy) is 4. The van der Waals surface area contributed by atoms with Gasteiger partial charge in [-0.3, -0.25) is 9.78 Å². The predicted octanol–water partition coefficient (Wildman–Crippen LogP) is 5.45. The normalized spacial score (nSPS) is 17.1. The van der Waals surface area contributed by atoms with Crippen LogP contribution in [0.15, 0.2) is 54.7 Å². The summed E-state index contributed by atoms with van der Waals surface area (Å²) in [4.78, 5) is 20.8. The molecule has 1 fully saturated rings. The average molecular weight is 587 g/mol. The summed E-state index contributed by atoms with van der Waals surface area (Å²) in [6.45, 7) is 5.02. The van der Waals surface area contributed by atoms with Gasteiger partial charge in [-0.15, -0.1) is 0 Å². The first kappa shape index (κ1) is 27.8. The second-order valence-corrected chi connectivity index (χ2v) is 12.9. The molecule has 2 aromatic heterocycles. The first-order valence-corrected chi connectivity index (χ1v) is 15.4. The molecule has 0 N–H and O–H groups in total. The fourth-order valence-electron chi connectivity index (χ4n) is 5.72. The summed E-state index contributed by atoms with van der Waals surface area (Å²) in [5.74, 6) is 8.38. The fraction of sp³-hybridized carbons (Fsp3) is 0.312. The van der Waals surface area contributed by atoms with Gasteiger partial charge < -0.3 is 23.8 Å². The van der Waals surface area contributed by atoms with Crippen LogP contribution in [0.1, 0.15) is 29.9 Å². The Morgan fingerprint density at radius 2 is 1.79 bits per heavy atom. The number of hydrogen-bond acceptors (Lipinski definition) is 7.